The number of benzene rings is 1. The van der Waals surface area contributed by atoms with Crippen molar-refractivity contribution in [3.05, 3.63) is 57.9 Å². The Kier molecular flexibility index (Phi) is 3.86. The molecule has 0 aliphatic carbocycles. The van der Waals surface area contributed by atoms with Crippen molar-refractivity contribution in [1.29, 1.82) is 0 Å². The molecule has 3 nitrogen and oxygen atoms in total. The van der Waals surface area contributed by atoms with Crippen molar-refractivity contribution in [2.45, 2.75) is 13.8 Å². The quantitative estimate of drug-likeness (QED) is 0.519. The Hall–Kier alpha value is -1.98. The molecule has 0 aliphatic heterocycles. The number of para-hydroxylation sites is 1. The minimum Gasteiger partial charge on any atom is -0.421 e. The lowest BCUT2D eigenvalue weighted by Gasteiger charge is -2.08. The van der Waals surface area contributed by atoms with Crippen molar-refractivity contribution in [3.8, 4) is 15.6 Å². The summed E-state index contributed by atoms with van der Waals surface area (Å²) < 4.78 is 5.50. The molecule has 0 saturated carbocycles. The molecule has 0 spiro atoms. The van der Waals surface area contributed by atoms with Gasteiger partial charge in [0.1, 0.15) is 10.8 Å². The highest BCUT2D eigenvalue weighted by molar-refractivity contribution is 7.20. The highest BCUT2D eigenvalue weighted by Crippen LogP contribution is 2.29. The average molecular weight is 315 g/mol. The van der Waals surface area contributed by atoms with Crippen molar-refractivity contribution < 1.29 is 9.53 Å². The van der Waals surface area contributed by atoms with Gasteiger partial charge in [-0.25, -0.2) is 9.78 Å². The molecule has 0 N–H and O–H groups in total. The predicted octanol–water partition coefficient (Wildman–Crippen LogP) is 4.71. The number of hydrogen-bond acceptors (Lipinski definition) is 5. The zero-order chi connectivity index (χ0) is 14.8. The Morgan fingerprint density at radius 1 is 1.10 bits per heavy atom. The van der Waals surface area contributed by atoms with Crippen LogP contribution < -0.4 is 4.74 Å². The lowest BCUT2D eigenvalue weighted by atomic mass is 10.1. The third-order valence-corrected chi connectivity index (χ3v) is 4.93. The normalized spacial score (nSPS) is 10.6. The van der Waals surface area contributed by atoms with Crippen LogP contribution >= 0.6 is 22.7 Å². The standard InChI is InChI=1S/C16H13NO2S2/c1-10-5-3-6-11(2)14(10)19-16(18)12-9-21-15(17-12)13-7-4-8-20-13/h3-9H,1-2H3. The lowest BCUT2D eigenvalue weighted by Crippen LogP contribution is -2.10. The summed E-state index contributed by atoms with van der Waals surface area (Å²) in [5.41, 5.74) is 2.24. The largest absolute Gasteiger partial charge is 0.421 e. The molecule has 21 heavy (non-hydrogen) atoms. The molecule has 2 aromatic heterocycles. The number of thiophene rings is 1. The Morgan fingerprint density at radius 3 is 2.52 bits per heavy atom. The van der Waals surface area contributed by atoms with E-state index >= 15 is 0 Å². The molecular weight excluding hydrogens is 302 g/mol. The van der Waals surface area contributed by atoms with E-state index in [9.17, 15) is 4.79 Å². The summed E-state index contributed by atoms with van der Waals surface area (Å²) in [4.78, 5) is 17.7. The van der Waals surface area contributed by atoms with Crippen molar-refractivity contribution in [2.24, 2.45) is 0 Å². The van der Waals surface area contributed by atoms with Crippen LogP contribution in [0.3, 0.4) is 0 Å². The van der Waals surface area contributed by atoms with Crippen LogP contribution in [0.2, 0.25) is 0 Å². The van der Waals surface area contributed by atoms with Crippen LogP contribution in [-0.4, -0.2) is 11.0 Å². The average Bonchev–Trinajstić information content (AvgIpc) is 3.12. The molecule has 0 saturated heterocycles. The van der Waals surface area contributed by atoms with Crippen molar-refractivity contribution >= 4 is 28.6 Å². The molecule has 0 radical (unpaired) electrons. The van der Waals surface area contributed by atoms with Gasteiger partial charge in [0, 0.05) is 5.38 Å². The SMILES string of the molecule is Cc1cccc(C)c1OC(=O)c1csc(-c2cccs2)n1. The molecule has 0 fully saturated rings. The first-order valence-electron chi connectivity index (χ1n) is 6.43. The van der Waals surface area contributed by atoms with Crippen LogP contribution in [-0.2, 0) is 0 Å². The van der Waals surface area contributed by atoms with Gasteiger partial charge in [-0.3, -0.25) is 0 Å². The fourth-order valence-corrected chi connectivity index (χ4v) is 3.59. The molecule has 0 aliphatic rings. The zero-order valence-electron chi connectivity index (χ0n) is 11.6. The van der Waals surface area contributed by atoms with Crippen molar-refractivity contribution in [1.82, 2.24) is 4.98 Å². The Morgan fingerprint density at radius 2 is 1.86 bits per heavy atom. The summed E-state index contributed by atoms with van der Waals surface area (Å²) in [6, 6.07) is 9.75. The second-order valence-electron chi connectivity index (χ2n) is 4.63. The van der Waals surface area contributed by atoms with Crippen LogP contribution in [0.1, 0.15) is 21.6 Å². The topological polar surface area (TPSA) is 39.2 Å². The van der Waals surface area contributed by atoms with E-state index < -0.39 is 5.97 Å². The summed E-state index contributed by atoms with van der Waals surface area (Å²) in [6.45, 7) is 3.85. The Balaban J connectivity index is 1.83. The highest BCUT2D eigenvalue weighted by atomic mass is 32.1. The number of aryl methyl sites for hydroxylation is 2. The predicted molar refractivity (Wildman–Crippen MR) is 86.3 cm³/mol. The first kappa shape index (κ1) is 14.0. The number of carbonyl (C=O) groups is 1. The summed E-state index contributed by atoms with van der Waals surface area (Å²) in [5.74, 6) is 0.208. The van der Waals surface area contributed by atoms with Gasteiger partial charge in [0.2, 0.25) is 0 Å². The molecular formula is C16H13NO2S2. The maximum Gasteiger partial charge on any atom is 0.363 e. The van der Waals surface area contributed by atoms with Gasteiger partial charge in [0.15, 0.2) is 5.69 Å². The highest BCUT2D eigenvalue weighted by Gasteiger charge is 2.16. The second-order valence-corrected chi connectivity index (χ2v) is 6.43. The molecule has 0 amide bonds. The molecule has 1 aromatic carbocycles. The van der Waals surface area contributed by atoms with Crippen molar-refractivity contribution in [3.63, 3.8) is 0 Å². The maximum atomic E-state index is 12.2. The van der Waals surface area contributed by atoms with Crippen LogP contribution in [0.5, 0.6) is 5.75 Å². The van der Waals surface area contributed by atoms with E-state index in [-0.39, 0.29) is 0 Å². The van der Waals surface area contributed by atoms with Crippen LogP contribution in [0.15, 0.2) is 41.1 Å². The number of carbonyl (C=O) groups excluding carboxylic acids is 1. The molecule has 5 heteroatoms. The minimum absolute atomic E-state index is 0.353. The van der Waals surface area contributed by atoms with E-state index in [1.54, 1.807) is 16.7 Å². The van der Waals surface area contributed by atoms with Gasteiger partial charge in [-0.05, 0) is 36.4 Å². The smallest absolute Gasteiger partial charge is 0.363 e. The maximum absolute atomic E-state index is 12.2. The van der Waals surface area contributed by atoms with Gasteiger partial charge < -0.3 is 4.74 Å². The van der Waals surface area contributed by atoms with E-state index in [4.69, 9.17) is 4.74 Å². The number of aromatic nitrogens is 1. The molecule has 106 valence electrons. The van der Waals surface area contributed by atoms with E-state index in [1.807, 2.05) is 49.6 Å². The van der Waals surface area contributed by atoms with Crippen LogP contribution in [0.25, 0.3) is 9.88 Å². The van der Waals surface area contributed by atoms with Gasteiger partial charge in [0.05, 0.1) is 4.88 Å². The number of ether oxygens (including phenoxy) is 1. The molecule has 3 rings (SSSR count). The van der Waals surface area contributed by atoms with E-state index in [0.29, 0.717) is 11.4 Å². The van der Waals surface area contributed by atoms with E-state index in [0.717, 1.165) is 21.0 Å². The summed E-state index contributed by atoms with van der Waals surface area (Å²) in [6.07, 6.45) is 0. The minimum atomic E-state index is -0.411. The molecule has 0 atom stereocenters. The summed E-state index contributed by atoms with van der Waals surface area (Å²) in [7, 11) is 0. The number of rotatable bonds is 3. The molecule has 0 bridgehead atoms. The third-order valence-electron chi connectivity index (χ3n) is 3.05. The van der Waals surface area contributed by atoms with Gasteiger partial charge >= 0.3 is 5.97 Å². The molecule has 0 unspecified atom stereocenters. The van der Waals surface area contributed by atoms with Crippen molar-refractivity contribution in [2.75, 3.05) is 0 Å². The third kappa shape index (κ3) is 2.89. The Labute approximate surface area is 130 Å². The van der Waals surface area contributed by atoms with E-state index in [2.05, 4.69) is 4.98 Å². The number of esters is 1. The first-order valence-corrected chi connectivity index (χ1v) is 8.19. The monoisotopic (exact) mass is 315 g/mol. The van der Waals surface area contributed by atoms with Crippen LogP contribution in [0, 0.1) is 13.8 Å². The van der Waals surface area contributed by atoms with Crippen LogP contribution in [0.4, 0.5) is 0 Å². The summed E-state index contributed by atoms with van der Waals surface area (Å²) >= 11 is 3.06. The first-order chi connectivity index (χ1) is 10.1. The summed E-state index contributed by atoms with van der Waals surface area (Å²) in [5, 5.41) is 4.58. The number of hydrogen-bond donors (Lipinski definition) is 0. The lowest BCUT2D eigenvalue weighted by molar-refractivity contribution is 0.0727. The fraction of sp³-hybridized carbons (Fsp3) is 0.125. The van der Waals surface area contributed by atoms with Gasteiger partial charge in [-0.1, -0.05) is 24.3 Å². The second kappa shape index (κ2) is 5.79. The number of thiazole rings is 1. The van der Waals surface area contributed by atoms with E-state index in [1.165, 1.54) is 11.3 Å². The fourth-order valence-electron chi connectivity index (χ4n) is 1.99. The molecule has 2 heterocycles. The van der Waals surface area contributed by atoms with Gasteiger partial charge in [-0.2, -0.15) is 0 Å². The zero-order valence-corrected chi connectivity index (χ0v) is 13.3. The van der Waals surface area contributed by atoms with Gasteiger partial charge in [-0.15, -0.1) is 22.7 Å². The number of nitrogens with zero attached hydrogens (tertiary/aromatic N) is 1. The van der Waals surface area contributed by atoms with Gasteiger partial charge in [0.25, 0.3) is 0 Å². The Bertz CT molecular complexity index is 755. The molecule has 3 aromatic rings.